The topological polar surface area (TPSA) is 100 Å². The first-order valence-electron chi connectivity index (χ1n) is 10.2. The molecule has 2 aromatic carbocycles. The first-order valence-corrected chi connectivity index (χ1v) is 11.9. The van der Waals surface area contributed by atoms with Gasteiger partial charge in [0, 0.05) is 10.6 Å². The van der Waals surface area contributed by atoms with Crippen molar-refractivity contribution in [2.24, 2.45) is 0 Å². The molecule has 4 aromatic rings. The Labute approximate surface area is 209 Å². The van der Waals surface area contributed by atoms with Crippen molar-refractivity contribution in [2.75, 3.05) is 12.4 Å². The fraction of sp³-hybridized carbons (Fsp3) is 0.174. The Balaban J connectivity index is 1.62. The number of carbonyl (C=O) groups is 2. The molecule has 0 spiro atoms. The van der Waals surface area contributed by atoms with E-state index in [0.29, 0.717) is 27.3 Å². The fourth-order valence-corrected chi connectivity index (χ4v) is 4.35. The maximum atomic E-state index is 13.2. The highest BCUT2D eigenvalue weighted by Crippen LogP contribution is 2.29. The van der Waals surface area contributed by atoms with E-state index in [2.05, 4.69) is 15.3 Å². The highest BCUT2D eigenvalue weighted by molar-refractivity contribution is 7.99. The molecule has 11 heteroatoms. The van der Waals surface area contributed by atoms with Gasteiger partial charge in [0.1, 0.15) is 0 Å². The molecular weight excluding hydrogens is 499 g/mol. The van der Waals surface area contributed by atoms with Gasteiger partial charge >= 0.3 is 5.97 Å². The number of aromatic nitrogens is 4. The number of Topliss-reactive ketones (excluding diaryl/α,β-unsaturated/α-hetero) is 1. The second-order valence-corrected chi connectivity index (χ2v) is 8.76. The van der Waals surface area contributed by atoms with Crippen molar-refractivity contribution < 1.29 is 18.7 Å². The van der Waals surface area contributed by atoms with Crippen molar-refractivity contribution in [3.63, 3.8) is 0 Å². The molecule has 34 heavy (non-hydrogen) atoms. The molecule has 8 nitrogen and oxygen atoms in total. The number of esters is 1. The number of thioether (sulfide) groups is 1. The summed E-state index contributed by atoms with van der Waals surface area (Å²) in [5.74, 6) is -0.749. The lowest BCUT2D eigenvalue weighted by molar-refractivity contribution is 0.0516. The highest BCUT2D eigenvalue weighted by atomic mass is 35.5. The molecule has 0 atom stereocenters. The quantitative estimate of drug-likeness (QED) is 0.167. The van der Waals surface area contributed by atoms with Crippen LogP contribution in [-0.2, 0) is 4.74 Å². The van der Waals surface area contributed by atoms with Crippen molar-refractivity contribution in [2.45, 2.75) is 19.1 Å². The zero-order valence-electron chi connectivity index (χ0n) is 18.1. The summed E-state index contributed by atoms with van der Waals surface area (Å²) in [5.41, 5.74) is 1.74. The first-order chi connectivity index (χ1) is 16.4. The van der Waals surface area contributed by atoms with Crippen LogP contribution in [0.25, 0.3) is 17.1 Å². The van der Waals surface area contributed by atoms with Gasteiger partial charge < -0.3 is 9.15 Å². The average molecular weight is 517 g/mol. The van der Waals surface area contributed by atoms with Crippen LogP contribution in [-0.4, -0.2) is 44.1 Å². The van der Waals surface area contributed by atoms with Crippen molar-refractivity contribution in [3.05, 3.63) is 75.5 Å². The normalized spacial score (nSPS) is 10.9. The van der Waals surface area contributed by atoms with Crippen LogP contribution in [0, 0.1) is 6.92 Å². The number of carbonyl (C=O) groups excluding carboxylic acids is 2. The van der Waals surface area contributed by atoms with Gasteiger partial charge in [-0.1, -0.05) is 53.2 Å². The molecule has 0 radical (unpaired) electrons. The Hall–Kier alpha value is -3.14. The van der Waals surface area contributed by atoms with Gasteiger partial charge in [0.15, 0.2) is 11.5 Å². The van der Waals surface area contributed by atoms with Crippen LogP contribution in [0.5, 0.6) is 0 Å². The second kappa shape index (κ2) is 10.4. The van der Waals surface area contributed by atoms with E-state index in [0.717, 1.165) is 17.3 Å². The van der Waals surface area contributed by atoms with E-state index in [-0.39, 0.29) is 34.6 Å². The predicted molar refractivity (Wildman–Crippen MR) is 129 cm³/mol. The molecule has 0 saturated carbocycles. The Morgan fingerprint density at radius 3 is 2.59 bits per heavy atom. The zero-order valence-corrected chi connectivity index (χ0v) is 20.4. The van der Waals surface area contributed by atoms with Gasteiger partial charge in [-0.3, -0.25) is 4.79 Å². The number of hydrogen-bond acceptors (Lipinski definition) is 8. The van der Waals surface area contributed by atoms with Crippen LogP contribution < -0.4 is 0 Å². The molecule has 4 rings (SSSR count). The number of ketones is 1. The summed E-state index contributed by atoms with van der Waals surface area (Å²) in [7, 11) is 0. The summed E-state index contributed by atoms with van der Waals surface area (Å²) in [6.07, 6.45) is 0. The number of benzene rings is 2. The monoisotopic (exact) mass is 516 g/mol. The van der Waals surface area contributed by atoms with Gasteiger partial charge in [-0.15, -0.1) is 10.2 Å². The van der Waals surface area contributed by atoms with Gasteiger partial charge in [-0.05, 0) is 44.2 Å². The maximum Gasteiger partial charge on any atom is 0.359 e. The van der Waals surface area contributed by atoms with Crippen LogP contribution in [0.3, 0.4) is 0 Å². The Morgan fingerprint density at radius 1 is 1.12 bits per heavy atom. The van der Waals surface area contributed by atoms with Gasteiger partial charge in [-0.2, -0.15) is 5.10 Å². The minimum atomic E-state index is -0.702. The minimum Gasteiger partial charge on any atom is -0.461 e. The summed E-state index contributed by atoms with van der Waals surface area (Å²) in [5, 5.41) is 13.4. The van der Waals surface area contributed by atoms with Gasteiger partial charge in [0.2, 0.25) is 5.89 Å². The Morgan fingerprint density at radius 2 is 1.88 bits per heavy atom. The Kier molecular flexibility index (Phi) is 7.35. The molecular formula is C23H18Cl2N4O4S. The lowest BCUT2D eigenvalue weighted by atomic mass is 10.1. The summed E-state index contributed by atoms with van der Waals surface area (Å²) < 4.78 is 12.2. The van der Waals surface area contributed by atoms with E-state index < -0.39 is 5.97 Å². The molecule has 0 fully saturated rings. The molecule has 0 bridgehead atoms. The summed E-state index contributed by atoms with van der Waals surface area (Å²) in [6.45, 7) is 3.49. The molecule has 0 aliphatic heterocycles. The largest absolute Gasteiger partial charge is 0.461 e. The smallest absolute Gasteiger partial charge is 0.359 e. The third-order valence-electron chi connectivity index (χ3n) is 4.76. The van der Waals surface area contributed by atoms with E-state index in [9.17, 15) is 9.59 Å². The number of rotatable bonds is 8. The van der Waals surface area contributed by atoms with Crippen LogP contribution >= 0.6 is 35.0 Å². The van der Waals surface area contributed by atoms with Gasteiger partial charge in [0.05, 0.1) is 34.3 Å². The van der Waals surface area contributed by atoms with Crippen LogP contribution in [0.4, 0.5) is 0 Å². The molecule has 0 aliphatic carbocycles. The van der Waals surface area contributed by atoms with E-state index in [1.165, 1.54) is 4.68 Å². The third-order valence-corrected chi connectivity index (χ3v) is 6.11. The molecule has 2 aromatic heterocycles. The number of hydrogen-bond donors (Lipinski definition) is 0. The van der Waals surface area contributed by atoms with E-state index in [1.54, 1.807) is 32.0 Å². The van der Waals surface area contributed by atoms with E-state index in [4.69, 9.17) is 32.4 Å². The molecule has 0 N–H and O–H groups in total. The first kappa shape index (κ1) is 24.0. The van der Waals surface area contributed by atoms with Crippen LogP contribution in [0.15, 0.2) is 58.2 Å². The van der Waals surface area contributed by atoms with Crippen molar-refractivity contribution in [1.29, 1.82) is 0 Å². The van der Waals surface area contributed by atoms with Crippen molar-refractivity contribution >= 4 is 46.7 Å². The van der Waals surface area contributed by atoms with Crippen LogP contribution in [0.2, 0.25) is 10.0 Å². The summed E-state index contributed by atoms with van der Waals surface area (Å²) >= 11 is 13.4. The number of nitrogens with zero attached hydrogens (tertiary/aromatic N) is 4. The minimum absolute atomic E-state index is 0.0519. The zero-order chi connectivity index (χ0) is 24.2. The predicted octanol–water partition coefficient (Wildman–Crippen LogP) is 5.69. The molecule has 0 saturated heterocycles. The highest BCUT2D eigenvalue weighted by Gasteiger charge is 2.28. The maximum absolute atomic E-state index is 13.2. The number of ether oxygens (including phenoxy) is 1. The summed E-state index contributed by atoms with van der Waals surface area (Å²) in [4.78, 5) is 25.8. The van der Waals surface area contributed by atoms with Crippen molar-refractivity contribution in [1.82, 2.24) is 20.0 Å². The molecule has 174 valence electrons. The fourth-order valence-electron chi connectivity index (χ4n) is 3.23. The Bertz CT molecular complexity index is 1350. The molecule has 0 amide bonds. The third kappa shape index (κ3) is 5.01. The molecule has 2 heterocycles. The lowest BCUT2D eigenvalue weighted by Crippen LogP contribution is -2.13. The molecule has 0 unspecified atom stereocenters. The number of halogens is 2. The standard InChI is InChI=1S/C23H18Cl2N4O4S/c1-3-32-22(31)20-19(13(2)29(28-20)17-10-9-15(24)11-16(17)25)18(30)12-34-23-27-26-21(33-23)14-7-5-4-6-8-14/h4-11H,3,12H2,1-2H3. The van der Waals surface area contributed by atoms with Crippen LogP contribution in [0.1, 0.15) is 33.5 Å². The SMILES string of the molecule is CCOC(=O)c1nn(-c2ccc(Cl)cc2Cl)c(C)c1C(=O)CSc1nnc(-c2ccccc2)o1. The van der Waals surface area contributed by atoms with E-state index >= 15 is 0 Å². The van der Waals surface area contributed by atoms with E-state index in [1.807, 2.05) is 30.3 Å². The van der Waals surface area contributed by atoms with Gasteiger partial charge in [0.25, 0.3) is 5.22 Å². The van der Waals surface area contributed by atoms with Gasteiger partial charge in [-0.25, -0.2) is 9.48 Å². The molecule has 0 aliphatic rings. The second-order valence-electron chi connectivity index (χ2n) is 6.99. The average Bonchev–Trinajstić information content (AvgIpc) is 3.43. The summed E-state index contributed by atoms with van der Waals surface area (Å²) in [6, 6.07) is 14.2. The van der Waals surface area contributed by atoms with Crippen molar-refractivity contribution in [3.8, 4) is 17.1 Å². The lowest BCUT2D eigenvalue weighted by Gasteiger charge is -2.07.